The molecule has 1 N–H and O–H groups in total. The third-order valence-electron chi connectivity index (χ3n) is 3.85. The van der Waals surface area contributed by atoms with Crippen molar-refractivity contribution in [2.45, 2.75) is 12.5 Å². The lowest BCUT2D eigenvalue weighted by molar-refractivity contribution is 0.0826. The molecule has 1 unspecified atom stereocenters. The van der Waals surface area contributed by atoms with Crippen molar-refractivity contribution >= 4 is 32.6 Å². The van der Waals surface area contributed by atoms with Gasteiger partial charge in [0.2, 0.25) is 5.78 Å². The van der Waals surface area contributed by atoms with Crippen molar-refractivity contribution in [3.63, 3.8) is 0 Å². The van der Waals surface area contributed by atoms with Crippen LogP contribution in [0.25, 0.3) is 10.9 Å². The Bertz CT molecular complexity index is 828. The monoisotopic (exact) mass is 341 g/mol. The summed E-state index contributed by atoms with van der Waals surface area (Å²) in [5, 5.41) is 0.925. The SMILES string of the molecule is O=C(c1c[nH]c2ccc(Br)cc12)C1Cc2ccccc2O1. The Hall–Kier alpha value is -2.07. The first kappa shape index (κ1) is 12.7. The lowest BCUT2D eigenvalue weighted by Gasteiger charge is -2.08. The standard InChI is InChI=1S/C17H12BrNO2/c18-11-5-6-14-12(8-11)13(9-19-14)17(20)16-7-10-3-1-2-4-15(10)21-16/h1-6,8-9,16,19H,7H2. The van der Waals surface area contributed by atoms with E-state index in [1.807, 2.05) is 42.5 Å². The quantitative estimate of drug-likeness (QED) is 0.712. The summed E-state index contributed by atoms with van der Waals surface area (Å²) in [6.45, 7) is 0. The van der Waals surface area contributed by atoms with Crippen LogP contribution in [-0.2, 0) is 6.42 Å². The largest absolute Gasteiger partial charge is 0.482 e. The zero-order valence-corrected chi connectivity index (χ0v) is 12.7. The van der Waals surface area contributed by atoms with E-state index in [9.17, 15) is 4.79 Å². The summed E-state index contributed by atoms with van der Waals surface area (Å²) in [6.07, 6.45) is 1.97. The van der Waals surface area contributed by atoms with E-state index in [1.165, 1.54) is 0 Å². The van der Waals surface area contributed by atoms with Crippen molar-refractivity contribution in [2.24, 2.45) is 0 Å². The number of benzene rings is 2. The molecule has 0 saturated heterocycles. The molecule has 0 bridgehead atoms. The second-order valence-corrected chi connectivity index (χ2v) is 6.09. The Kier molecular flexibility index (Phi) is 2.86. The molecule has 4 heteroatoms. The summed E-state index contributed by atoms with van der Waals surface area (Å²) < 4.78 is 6.75. The van der Waals surface area contributed by atoms with Crippen molar-refractivity contribution in [3.05, 3.63) is 64.3 Å². The minimum absolute atomic E-state index is 0.0237. The molecule has 0 aliphatic carbocycles. The van der Waals surface area contributed by atoms with Gasteiger partial charge >= 0.3 is 0 Å². The first-order valence-electron chi connectivity index (χ1n) is 6.78. The first-order valence-corrected chi connectivity index (χ1v) is 7.57. The van der Waals surface area contributed by atoms with Crippen LogP contribution in [0.3, 0.4) is 0 Å². The molecule has 0 radical (unpaired) electrons. The van der Waals surface area contributed by atoms with Crippen LogP contribution in [0.15, 0.2) is 53.1 Å². The molecule has 3 nitrogen and oxygen atoms in total. The fraction of sp³-hybridized carbons (Fsp3) is 0.118. The highest BCUT2D eigenvalue weighted by molar-refractivity contribution is 9.10. The van der Waals surface area contributed by atoms with E-state index in [0.29, 0.717) is 12.0 Å². The molecule has 1 aromatic heterocycles. The number of aromatic amines is 1. The Morgan fingerprint density at radius 3 is 2.95 bits per heavy atom. The highest BCUT2D eigenvalue weighted by atomic mass is 79.9. The molecule has 2 heterocycles. The molecule has 1 atom stereocenters. The van der Waals surface area contributed by atoms with Gasteiger partial charge in [0.15, 0.2) is 6.10 Å². The van der Waals surface area contributed by atoms with Gasteiger partial charge in [-0.15, -0.1) is 0 Å². The molecular weight excluding hydrogens is 330 g/mol. The van der Waals surface area contributed by atoms with Gasteiger partial charge < -0.3 is 9.72 Å². The third-order valence-corrected chi connectivity index (χ3v) is 4.34. The number of carbonyl (C=O) groups excluding carboxylic acids is 1. The molecule has 104 valence electrons. The van der Waals surface area contributed by atoms with Gasteiger partial charge in [-0.1, -0.05) is 34.1 Å². The second kappa shape index (κ2) is 4.74. The number of para-hydroxylation sites is 1. The molecular formula is C17H12BrNO2. The van der Waals surface area contributed by atoms with Crippen LogP contribution >= 0.6 is 15.9 Å². The number of Topliss-reactive ketones (excluding diaryl/α,β-unsaturated/α-hetero) is 1. The second-order valence-electron chi connectivity index (χ2n) is 5.17. The van der Waals surface area contributed by atoms with Gasteiger partial charge in [-0.3, -0.25) is 4.79 Å². The Morgan fingerprint density at radius 1 is 1.24 bits per heavy atom. The van der Waals surface area contributed by atoms with Crippen molar-refractivity contribution in [1.29, 1.82) is 0 Å². The number of hydrogen-bond acceptors (Lipinski definition) is 2. The van der Waals surface area contributed by atoms with Gasteiger partial charge in [0.25, 0.3) is 0 Å². The fourth-order valence-electron chi connectivity index (χ4n) is 2.80. The van der Waals surface area contributed by atoms with Gasteiger partial charge in [-0.2, -0.15) is 0 Å². The maximum absolute atomic E-state index is 12.7. The summed E-state index contributed by atoms with van der Waals surface area (Å²) >= 11 is 3.45. The van der Waals surface area contributed by atoms with Gasteiger partial charge in [-0.05, 0) is 29.8 Å². The average molecular weight is 342 g/mol. The normalized spacial score (nSPS) is 16.7. The van der Waals surface area contributed by atoms with E-state index >= 15 is 0 Å². The number of nitrogens with one attached hydrogen (secondary N) is 1. The number of halogens is 1. The van der Waals surface area contributed by atoms with Gasteiger partial charge in [0.05, 0.1) is 0 Å². The van der Waals surface area contributed by atoms with E-state index < -0.39 is 6.10 Å². The molecule has 0 spiro atoms. The fourth-order valence-corrected chi connectivity index (χ4v) is 3.16. The van der Waals surface area contributed by atoms with Crippen LogP contribution in [-0.4, -0.2) is 16.9 Å². The van der Waals surface area contributed by atoms with Crippen molar-refractivity contribution < 1.29 is 9.53 Å². The molecule has 0 fully saturated rings. The highest BCUT2D eigenvalue weighted by Gasteiger charge is 2.30. The van der Waals surface area contributed by atoms with E-state index in [-0.39, 0.29) is 5.78 Å². The number of aromatic nitrogens is 1. The first-order chi connectivity index (χ1) is 10.2. The van der Waals surface area contributed by atoms with E-state index in [2.05, 4.69) is 20.9 Å². The van der Waals surface area contributed by atoms with Crippen LogP contribution < -0.4 is 4.74 Å². The molecule has 4 rings (SSSR count). The Balaban J connectivity index is 1.70. The number of fused-ring (bicyclic) bond motifs is 2. The topological polar surface area (TPSA) is 42.1 Å². The number of rotatable bonds is 2. The highest BCUT2D eigenvalue weighted by Crippen LogP contribution is 2.31. The molecule has 2 aromatic carbocycles. The van der Waals surface area contributed by atoms with Crippen molar-refractivity contribution in [2.75, 3.05) is 0 Å². The summed E-state index contributed by atoms with van der Waals surface area (Å²) in [5.41, 5.74) is 2.73. The zero-order valence-electron chi connectivity index (χ0n) is 11.1. The average Bonchev–Trinajstić information content (AvgIpc) is 3.09. The predicted octanol–water partition coefficient (Wildman–Crippen LogP) is 4.12. The predicted molar refractivity (Wildman–Crippen MR) is 84.9 cm³/mol. The minimum atomic E-state index is -0.430. The van der Waals surface area contributed by atoms with Crippen LogP contribution in [0.4, 0.5) is 0 Å². The molecule has 1 aliphatic rings. The smallest absolute Gasteiger partial charge is 0.205 e. The number of ether oxygens (including phenoxy) is 1. The summed E-state index contributed by atoms with van der Waals surface area (Å²) in [7, 11) is 0. The maximum atomic E-state index is 12.7. The molecule has 0 saturated carbocycles. The summed E-state index contributed by atoms with van der Waals surface area (Å²) in [5.74, 6) is 0.840. The number of carbonyl (C=O) groups is 1. The van der Waals surface area contributed by atoms with E-state index in [4.69, 9.17) is 4.74 Å². The number of hydrogen-bond donors (Lipinski definition) is 1. The maximum Gasteiger partial charge on any atom is 0.205 e. The number of ketones is 1. The van der Waals surface area contributed by atoms with E-state index in [0.717, 1.165) is 26.7 Å². The van der Waals surface area contributed by atoms with Crippen LogP contribution in [0, 0.1) is 0 Å². The van der Waals surface area contributed by atoms with Crippen molar-refractivity contribution in [1.82, 2.24) is 4.98 Å². The summed E-state index contributed by atoms with van der Waals surface area (Å²) in [6, 6.07) is 13.7. The van der Waals surface area contributed by atoms with Gasteiger partial charge in [0.1, 0.15) is 5.75 Å². The van der Waals surface area contributed by atoms with Gasteiger partial charge in [0, 0.05) is 33.6 Å². The van der Waals surface area contributed by atoms with E-state index in [1.54, 1.807) is 6.20 Å². The minimum Gasteiger partial charge on any atom is -0.482 e. The molecule has 3 aromatic rings. The Labute approximate surface area is 130 Å². The lowest BCUT2D eigenvalue weighted by atomic mass is 10.0. The molecule has 1 aliphatic heterocycles. The van der Waals surface area contributed by atoms with Crippen LogP contribution in [0.1, 0.15) is 15.9 Å². The number of H-pyrrole nitrogens is 1. The Morgan fingerprint density at radius 2 is 2.10 bits per heavy atom. The zero-order chi connectivity index (χ0) is 14.4. The molecule has 21 heavy (non-hydrogen) atoms. The molecule has 0 amide bonds. The lowest BCUT2D eigenvalue weighted by Crippen LogP contribution is -2.25. The van der Waals surface area contributed by atoms with Crippen molar-refractivity contribution in [3.8, 4) is 5.75 Å². The van der Waals surface area contributed by atoms with Crippen LogP contribution in [0.2, 0.25) is 0 Å². The summed E-state index contributed by atoms with van der Waals surface area (Å²) in [4.78, 5) is 15.9. The van der Waals surface area contributed by atoms with Crippen LogP contribution in [0.5, 0.6) is 5.75 Å². The third kappa shape index (κ3) is 2.07. The van der Waals surface area contributed by atoms with Gasteiger partial charge in [-0.25, -0.2) is 0 Å².